The van der Waals surface area contributed by atoms with Crippen molar-refractivity contribution in [2.24, 2.45) is 0 Å². The highest BCUT2D eigenvalue weighted by atomic mass is 35.5. The molecule has 0 spiro atoms. The summed E-state index contributed by atoms with van der Waals surface area (Å²) in [6.45, 7) is 0.566. The second kappa shape index (κ2) is 5.81. The van der Waals surface area contributed by atoms with Gasteiger partial charge in [-0.25, -0.2) is 9.97 Å². The number of fused-ring (bicyclic) bond motifs is 1. The summed E-state index contributed by atoms with van der Waals surface area (Å²) >= 11 is 6.19. The Morgan fingerprint density at radius 1 is 1.18 bits per heavy atom. The lowest BCUT2D eigenvalue weighted by atomic mass is 10.2. The number of carbonyl (C=O) groups is 1. The number of benzene rings is 1. The summed E-state index contributed by atoms with van der Waals surface area (Å²) in [7, 11) is 3.42. The minimum absolute atomic E-state index is 0.0262. The van der Waals surface area contributed by atoms with Gasteiger partial charge in [-0.2, -0.15) is 0 Å². The number of aromatic nitrogens is 2. The minimum Gasteiger partial charge on any atom is -0.497 e. The lowest BCUT2D eigenvalue weighted by Crippen LogP contribution is -2.35. The molecular formula is C15H15ClN4O2. The van der Waals surface area contributed by atoms with E-state index in [4.69, 9.17) is 16.3 Å². The van der Waals surface area contributed by atoms with Crippen molar-refractivity contribution in [1.29, 1.82) is 0 Å². The van der Waals surface area contributed by atoms with Gasteiger partial charge in [0.2, 0.25) is 5.91 Å². The summed E-state index contributed by atoms with van der Waals surface area (Å²) in [5, 5.41) is 0.366. The first-order valence-electron chi connectivity index (χ1n) is 6.75. The Hall–Kier alpha value is -2.34. The normalized spacial score (nSPS) is 14.6. The van der Waals surface area contributed by atoms with Gasteiger partial charge in [-0.05, 0) is 24.3 Å². The molecule has 0 aliphatic carbocycles. The molecule has 6 nitrogen and oxygen atoms in total. The van der Waals surface area contributed by atoms with Crippen LogP contribution in [-0.4, -0.2) is 36.6 Å². The van der Waals surface area contributed by atoms with E-state index in [9.17, 15) is 4.79 Å². The standard InChI is InChI=1S/C15H15ClN4O2/c1-19-8-13(21)20(10-3-5-11(22-2)6-4-10)7-12-14(16)17-9-18-15(12)19/h3-6,9H,7-8H2,1-2H3. The monoisotopic (exact) mass is 318 g/mol. The Morgan fingerprint density at radius 3 is 2.59 bits per heavy atom. The van der Waals surface area contributed by atoms with Crippen LogP contribution in [0.1, 0.15) is 5.56 Å². The average Bonchev–Trinajstić information content (AvgIpc) is 2.65. The first-order chi connectivity index (χ1) is 10.6. The van der Waals surface area contributed by atoms with Gasteiger partial charge in [0.15, 0.2) is 0 Å². The molecule has 0 radical (unpaired) electrons. The third kappa shape index (κ3) is 2.57. The van der Waals surface area contributed by atoms with Crippen molar-refractivity contribution in [2.45, 2.75) is 6.54 Å². The molecule has 2 aromatic rings. The van der Waals surface area contributed by atoms with E-state index >= 15 is 0 Å². The molecule has 1 aliphatic heterocycles. The molecule has 0 unspecified atom stereocenters. The van der Waals surface area contributed by atoms with Crippen LogP contribution in [0.2, 0.25) is 5.15 Å². The fraction of sp³-hybridized carbons (Fsp3) is 0.267. The van der Waals surface area contributed by atoms with Crippen LogP contribution in [0.4, 0.5) is 11.5 Å². The van der Waals surface area contributed by atoms with Crippen LogP contribution in [0.25, 0.3) is 0 Å². The molecular weight excluding hydrogens is 304 g/mol. The predicted octanol–water partition coefficient (Wildman–Crippen LogP) is 2.12. The summed E-state index contributed by atoms with van der Waals surface area (Å²) in [6.07, 6.45) is 1.41. The van der Waals surface area contributed by atoms with Gasteiger partial charge < -0.3 is 14.5 Å². The van der Waals surface area contributed by atoms with Crippen LogP contribution in [0, 0.1) is 0 Å². The lowest BCUT2D eigenvalue weighted by Gasteiger charge is -2.21. The number of rotatable bonds is 2. The molecule has 1 aliphatic rings. The third-order valence-electron chi connectivity index (χ3n) is 3.61. The Kier molecular flexibility index (Phi) is 3.85. The highest BCUT2D eigenvalue weighted by molar-refractivity contribution is 6.30. The van der Waals surface area contributed by atoms with Crippen molar-refractivity contribution < 1.29 is 9.53 Å². The minimum atomic E-state index is -0.0262. The third-order valence-corrected chi connectivity index (χ3v) is 3.93. The topological polar surface area (TPSA) is 58.6 Å². The summed E-state index contributed by atoms with van der Waals surface area (Å²) in [6, 6.07) is 7.33. The molecule has 0 bridgehead atoms. The SMILES string of the molecule is COc1ccc(N2Cc3c(Cl)ncnc3N(C)CC2=O)cc1. The summed E-state index contributed by atoms with van der Waals surface area (Å²) in [4.78, 5) is 24.2. The van der Waals surface area contributed by atoms with Crippen molar-refractivity contribution in [1.82, 2.24) is 9.97 Å². The highest BCUT2D eigenvalue weighted by Crippen LogP contribution is 2.30. The number of ether oxygens (including phenoxy) is 1. The van der Waals surface area contributed by atoms with Gasteiger partial charge in [0.05, 0.1) is 25.8 Å². The van der Waals surface area contributed by atoms with Crippen LogP contribution >= 0.6 is 11.6 Å². The van der Waals surface area contributed by atoms with Crippen molar-refractivity contribution in [3.8, 4) is 5.75 Å². The van der Waals surface area contributed by atoms with E-state index in [0.29, 0.717) is 17.5 Å². The molecule has 3 rings (SSSR count). The van der Waals surface area contributed by atoms with Gasteiger partial charge in [0.1, 0.15) is 23.0 Å². The number of hydrogen-bond acceptors (Lipinski definition) is 5. The average molecular weight is 319 g/mol. The second-order valence-corrected chi connectivity index (χ2v) is 5.36. The number of likely N-dealkylation sites (N-methyl/N-ethyl adjacent to an activating group) is 1. The zero-order valence-corrected chi connectivity index (χ0v) is 13.0. The number of nitrogens with zero attached hydrogens (tertiary/aromatic N) is 4. The largest absolute Gasteiger partial charge is 0.497 e. The number of carbonyl (C=O) groups excluding carboxylic acids is 1. The molecule has 0 saturated carbocycles. The van der Waals surface area contributed by atoms with E-state index in [1.54, 1.807) is 16.9 Å². The Bertz CT molecular complexity index is 705. The Balaban J connectivity index is 2.01. The van der Waals surface area contributed by atoms with E-state index < -0.39 is 0 Å². The number of halogens is 1. The Labute approximate surface area is 133 Å². The van der Waals surface area contributed by atoms with Crippen molar-refractivity contribution in [3.05, 3.63) is 41.3 Å². The maximum Gasteiger partial charge on any atom is 0.246 e. The van der Waals surface area contributed by atoms with E-state index in [2.05, 4.69) is 9.97 Å². The van der Waals surface area contributed by atoms with Crippen molar-refractivity contribution in [3.63, 3.8) is 0 Å². The van der Waals surface area contributed by atoms with Gasteiger partial charge in [0, 0.05) is 12.7 Å². The molecule has 0 atom stereocenters. The predicted molar refractivity (Wildman–Crippen MR) is 84.5 cm³/mol. The second-order valence-electron chi connectivity index (χ2n) is 5.00. The zero-order chi connectivity index (χ0) is 15.7. The van der Waals surface area contributed by atoms with Crippen LogP contribution in [0.15, 0.2) is 30.6 Å². The molecule has 7 heteroatoms. The van der Waals surface area contributed by atoms with Gasteiger partial charge >= 0.3 is 0 Å². The van der Waals surface area contributed by atoms with Crippen LogP contribution in [0.5, 0.6) is 5.75 Å². The van der Waals surface area contributed by atoms with E-state index in [-0.39, 0.29) is 12.5 Å². The molecule has 1 aromatic carbocycles. The highest BCUT2D eigenvalue weighted by Gasteiger charge is 2.27. The number of anilines is 2. The van der Waals surface area contributed by atoms with Crippen LogP contribution in [-0.2, 0) is 11.3 Å². The molecule has 22 heavy (non-hydrogen) atoms. The maximum atomic E-state index is 12.5. The van der Waals surface area contributed by atoms with E-state index in [1.807, 2.05) is 31.3 Å². The van der Waals surface area contributed by atoms with Crippen LogP contribution in [0.3, 0.4) is 0 Å². The quantitative estimate of drug-likeness (QED) is 0.794. The fourth-order valence-corrected chi connectivity index (χ4v) is 2.64. The fourth-order valence-electron chi connectivity index (χ4n) is 2.45. The summed E-state index contributed by atoms with van der Waals surface area (Å²) in [5.74, 6) is 1.40. The van der Waals surface area contributed by atoms with Crippen LogP contribution < -0.4 is 14.5 Å². The summed E-state index contributed by atoms with van der Waals surface area (Å²) < 4.78 is 5.15. The summed E-state index contributed by atoms with van der Waals surface area (Å²) in [5.41, 5.74) is 1.53. The van der Waals surface area contributed by atoms with Crippen molar-refractivity contribution >= 4 is 29.0 Å². The lowest BCUT2D eigenvalue weighted by molar-refractivity contribution is -0.117. The smallest absolute Gasteiger partial charge is 0.246 e. The molecule has 114 valence electrons. The molecule has 0 fully saturated rings. The van der Waals surface area contributed by atoms with Crippen molar-refractivity contribution in [2.75, 3.05) is 30.5 Å². The Morgan fingerprint density at radius 2 is 1.91 bits per heavy atom. The van der Waals surface area contributed by atoms with E-state index in [1.165, 1.54) is 6.33 Å². The zero-order valence-electron chi connectivity index (χ0n) is 12.3. The number of amides is 1. The van der Waals surface area contributed by atoms with Gasteiger partial charge in [-0.15, -0.1) is 0 Å². The molecule has 1 aromatic heterocycles. The maximum absolute atomic E-state index is 12.5. The van der Waals surface area contributed by atoms with Gasteiger partial charge in [-0.3, -0.25) is 4.79 Å². The number of methoxy groups -OCH3 is 1. The first-order valence-corrected chi connectivity index (χ1v) is 7.13. The molecule has 0 saturated heterocycles. The van der Waals surface area contributed by atoms with E-state index in [0.717, 1.165) is 17.0 Å². The molecule has 2 heterocycles. The molecule has 1 amide bonds. The van der Waals surface area contributed by atoms with Gasteiger partial charge in [-0.1, -0.05) is 11.6 Å². The number of hydrogen-bond donors (Lipinski definition) is 0. The first kappa shape index (κ1) is 14.6. The molecule has 0 N–H and O–H groups in total. The van der Waals surface area contributed by atoms with Gasteiger partial charge in [0.25, 0.3) is 0 Å².